The van der Waals surface area contributed by atoms with E-state index in [0.29, 0.717) is 18.1 Å². The van der Waals surface area contributed by atoms with Crippen LogP contribution in [0.1, 0.15) is 11.1 Å². The second kappa shape index (κ2) is 6.42. The van der Waals surface area contributed by atoms with Gasteiger partial charge in [0.05, 0.1) is 6.54 Å². The van der Waals surface area contributed by atoms with E-state index in [4.69, 9.17) is 5.73 Å². The lowest BCUT2D eigenvalue weighted by Crippen LogP contribution is -2.34. The maximum Gasteiger partial charge on any atom is 0.220 e. The normalized spacial score (nSPS) is 19.2. The highest BCUT2D eigenvalue weighted by atomic mass is 19.1. The molecule has 2 N–H and O–H groups in total. The molecule has 0 amide bonds. The molecule has 0 spiro atoms. The fraction of sp³-hybridized carbons (Fsp3) is 0.150. The minimum atomic E-state index is -0.830. The Morgan fingerprint density at radius 1 is 1.00 bits per heavy atom. The van der Waals surface area contributed by atoms with Crippen molar-refractivity contribution in [1.29, 1.82) is 0 Å². The third kappa shape index (κ3) is 2.81. The summed E-state index contributed by atoms with van der Waals surface area (Å²) in [5.74, 6) is -0.873. The van der Waals surface area contributed by atoms with Crippen LogP contribution in [0.5, 0.6) is 0 Å². The van der Waals surface area contributed by atoms with E-state index in [1.165, 1.54) is 18.3 Å². The first kappa shape index (κ1) is 17.1. The monoisotopic (exact) mass is 365 g/mol. The van der Waals surface area contributed by atoms with Crippen LogP contribution in [0.3, 0.4) is 0 Å². The van der Waals surface area contributed by atoms with Crippen molar-refractivity contribution in [3.8, 4) is 11.1 Å². The molecule has 1 aromatic carbocycles. The van der Waals surface area contributed by atoms with E-state index in [2.05, 4.69) is 15.0 Å². The van der Waals surface area contributed by atoms with Crippen molar-refractivity contribution < 1.29 is 8.78 Å². The quantitative estimate of drug-likeness (QED) is 0.725. The molecule has 3 heterocycles. The van der Waals surface area contributed by atoms with Gasteiger partial charge in [0.2, 0.25) is 5.95 Å². The van der Waals surface area contributed by atoms with Crippen molar-refractivity contribution in [1.82, 2.24) is 14.9 Å². The van der Waals surface area contributed by atoms with Gasteiger partial charge in [-0.1, -0.05) is 6.07 Å². The lowest BCUT2D eigenvalue weighted by Gasteiger charge is -2.28. The first-order chi connectivity index (χ1) is 13.0. The Kier molecular flexibility index (Phi) is 4.07. The zero-order valence-corrected chi connectivity index (χ0v) is 14.6. The number of aromatic nitrogens is 2. The molecule has 0 radical (unpaired) electrons. The fourth-order valence-corrected chi connectivity index (χ4v) is 3.42. The van der Waals surface area contributed by atoms with E-state index >= 15 is 0 Å². The van der Waals surface area contributed by atoms with Gasteiger partial charge < -0.3 is 10.6 Å². The SMILES string of the molecule is CN1C[C@](c2ccncc2)(c2ccc(F)c(-c3cccnc3F)c2)N=C1N. The maximum atomic E-state index is 14.5. The van der Waals surface area contributed by atoms with Gasteiger partial charge in [-0.2, -0.15) is 4.39 Å². The molecule has 1 aliphatic rings. The average Bonchev–Trinajstić information content (AvgIpc) is 2.99. The minimum absolute atomic E-state index is 0.102. The van der Waals surface area contributed by atoms with Crippen LogP contribution < -0.4 is 5.73 Å². The molecule has 0 unspecified atom stereocenters. The molecule has 1 aliphatic heterocycles. The summed E-state index contributed by atoms with van der Waals surface area (Å²) < 4.78 is 28.7. The standard InChI is InChI=1S/C20H17F2N5/c1-27-12-20(26-19(27)23,13-6-9-24-10-7-13)14-4-5-17(21)16(11-14)15-3-2-8-25-18(15)22/h2-11H,12H2,1H3,(H2,23,26)/t20-/m0/s1. The molecule has 0 saturated carbocycles. The fourth-order valence-electron chi connectivity index (χ4n) is 3.42. The minimum Gasteiger partial charge on any atom is -0.370 e. The number of hydrogen-bond donors (Lipinski definition) is 1. The van der Waals surface area contributed by atoms with Crippen LogP contribution >= 0.6 is 0 Å². The predicted molar refractivity (Wildman–Crippen MR) is 98.9 cm³/mol. The number of likely N-dealkylation sites (N-methyl/N-ethyl adjacent to an activating group) is 1. The Labute approximate surface area is 155 Å². The molecule has 136 valence electrons. The Bertz CT molecular complexity index is 1020. The third-order valence-electron chi connectivity index (χ3n) is 4.81. The number of nitrogens with zero attached hydrogens (tertiary/aromatic N) is 4. The number of aliphatic imine (C=N–C) groups is 1. The van der Waals surface area contributed by atoms with Crippen molar-refractivity contribution in [2.75, 3.05) is 13.6 Å². The number of nitrogens with two attached hydrogens (primary N) is 1. The number of hydrogen-bond acceptors (Lipinski definition) is 5. The van der Waals surface area contributed by atoms with Crippen LogP contribution in [0.25, 0.3) is 11.1 Å². The first-order valence-corrected chi connectivity index (χ1v) is 8.39. The summed E-state index contributed by atoms with van der Waals surface area (Å²) in [7, 11) is 1.84. The molecule has 0 aliphatic carbocycles. The van der Waals surface area contributed by atoms with Gasteiger partial charge in [0.25, 0.3) is 0 Å². The number of pyridine rings is 2. The van der Waals surface area contributed by atoms with Crippen molar-refractivity contribution in [3.05, 3.63) is 83.9 Å². The zero-order valence-electron chi connectivity index (χ0n) is 14.6. The number of benzene rings is 1. The van der Waals surface area contributed by atoms with Crippen LogP contribution in [-0.4, -0.2) is 34.4 Å². The molecule has 7 heteroatoms. The summed E-state index contributed by atoms with van der Waals surface area (Å²) >= 11 is 0. The number of guanidine groups is 1. The number of halogens is 2. The summed E-state index contributed by atoms with van der Waals surface area (Å²) in [5, 5.41) is 0. The van der Waals surface area contributed by atoms with E-state index in [9.17, 15) is 8.78 Å². The molecular formula is C20H17F2N5. The maximum absolute atomic E-state index is 14.5. The molecule has 0 saturated heterocycles. The van der Waals surface area contributed by atoms with Gasteiger partial charge >= 0.3 is 0 Å². The van der Waals surface area contributed by atoms with Gasteiger partial charge in [0, 0.05) is 36.8 Å². The molecule has 0 bridgehead atoms. The lowest BCUT2D eigenvalue weighted by molar-refractivity contribution is 0.432. The van der Waals surface area contributed by atoms with Gasteiger partial charge in [-0.15, -0.1) is 0 Å². The summed E-state index contributed by atoms with van der Waals surface area (Å²) in [6.45, 7) is 0.476. The predicted octanol–water partition coefficient (Wildman–Crippen LogP) is 2.93. The molecular weight excluding hydrogens is 348 g/mol. The highest BCUT2D eigenvalue weighted by molar-refractivity contribution is 5.81. The largest absolute Gasteiger partial charge is 0.370 e. The molecule has 4 rings (SSSR count). The van der Waals surface area contributed by atoms with Gasteiger partial charge in [-0.3, -0.25) is 4.98 Å². The van der Waals surface area contributed by atoms with Crippen LogP contribution in [0.15, 0.2) is 66.0 Å². The Morgan fingerprint density at radius 2 is 1.78 bits per heavy atom. The highest BCUT2D eigenvalue weighted by Crippen LogP contribution is 2.40. The second-order valence-corrected chi connectivity index (χ2v) is 6.46. The van der Waals surface area contributed by atoms with Crippen LogP contribution in [-0.2, 0) is 5.54 Å². The smallest absolute Gasteiger partial charge is 0.220 e. The summed E-state index contributed by atoms with van der Waals surface area (Å²) in [4.78, 5) is 14.2. The molecule has 27 heavy (non-hydrogen) atoms. The molecule has 5 nitrogen and oxygen atoms in total. The van der Waals surface area contributed by atoms with Crippen LogP contribution in [0.4, 0.5) is 8.78 Å². The molecule has 1 atom stereocenters. The first-order valence-electron chi connectivity index (χ1n) is 8.39. The highest BCUT2D eigenvalue weighted by Gasteiger charge is 2.41. The summed E-state index contributed by atoms with van der Waals surface area (Å²) in [5.41, 5.74) is 7.03. The van der Waals surface area contributed by atoms with Gasteiger partial charge in [-0.05, 0) is 47.5 Å². The average molecular weight is 365 g/mol. The summed E-state index contributed by atoms with van der Waals surface area (Å²) in [6.07, 6.45) is 4.68. The third-order valence-corrected chi connectivity index (χ3v) is 4.81. The van der Waals surface area contributed by atoms with Crippen molar-refractivity contribution in [2.45, 2.75) is 5.54 Å². The van der Waals surface area contributed by atoms with Crippen LogP contribution in [0.2, 0.25) is 0 Å². The van der Waals surface area contributed by atoms with Crippen molar-refractivity contribution in [2.24, 2.45) is 10.7 Å². The Hall–Kier alpha value is -3.35. The van der Waals surface area contributed by atoms with E-state index in [-0.39, 0.29) is 11.1 Å². The van der Waals surface area contributed by atoms with Gasteiger partial charge in [0.1, 0.15) is 11.4 Å². The topological polar surface area (TPSA) is 67.4 Å². The summed E-state index contributed by atoms with van der Waals surface area (Å²) in [6, 6.07) is 11.4. The molecule has 0 fully saturated rings. The van der Waals surface area contributed by atoms with Gasteiger partial charge in [-0.25, -0.2) is 14.4 Å². The Morgan fingerprint density at radius 3 is 2.44 bits per heavy atom. The lowest BCUT2D eigenvalue weighted by atomic mass is 9.83. The van der Waals surface area contributed by atoms with Crippen LogP contribution in [0, 0.1) is 11.8 Å². The van der Waals surface area contributed by atoms with E-state index in [1.807, 2.05) is 24.1 Å². The second-order valence-electron chi connectivity index (χ2n) is 6.46. The zero-order chi connectivity index (χ0) is 19.0. The Balaban J connectivity index is 1.93. The van der Waals surface area contributed by atoms with E-state index in [1.54, 1.807) is 30.6 Å². The van der Waals surface area contributed by atoms with Gasteiger partial charge in [0.15, 0.2) is 5.96 Å². The van der Waals surface area contributed by atoms with E-state index < -0.39 is 17.3 Å². The van der Waals surface area contributed by atoms with E-state index in [0.717, 1.165) is 5.56 Å². The number of rotatable bonds is 3. The molecule has 3 aromatic rings. The van der Waals surface area contributed by atoms with Crippen molar-refractivity contribution in [3.63, 3.8) is 0 Å². The van der Waals surface area contributed by atoms with Crippen molar-refractivity contribution >= 4 is 5.96 Å². The molecule has 2 aromatic heterocycles.